The second-order valence-electron chi connectivity index (χ2n) is 3.47. The Bertz CT molecular complexity index is 400. The van der Waals surface area contributed by atoms with Gasteiger partial charge >= 0.3 is 5.97 Å². The van der Waals surface area contributed by atoms with Crippen molar-refractivity contribution in [2.24, 2.45) is 5.73 Å². The molecule has 3 N–H and O–H groups in total. The number of hydrogen-bond donors (Lipinski definition) is 2. The lowest BCUT2D eigenvalue weighted by Crippen LogP contribution is -2.34. The van der Waals surface area contributed by atoms with E-state index in [1.165, 1.54) is 0 Å². The van der Waals surface area contributed by atoms with Crippen molar-refractivity contribution in [2.45, 2.75) is 19.4 Å². The number of benzene rings is 1. The van der Waals surface area contributed by atoms with Gasteiger partial charge in [0, 0.05) is 0 Å². The number of halogens is 2. The summed E-state index contributed by atoms with van der Waals surface area (Å²) in [5, 5.41) is 9.62. The van der Waals surface area contributed by atoms with E-state index in [0.717, 1.165) is 12.7 Å². The summed E-state index contributed by atoms with van der Waals surface area (Å²) in [6.45, 7) is 2.08. The third kappa shape index (κ3) is 4.25. The standard InChI is InChI=1S/C11H13I2NO3/c1-2-17-11(16)9(14)5-6-3-7(12)10(15)8(13)4-6/h3-4,9,15H,2,5,14H2,1H3/t9-/m0/s1. The van der Waals surface area contributed by atoms with Crippen LogP contribution in [-0.2, 0) is 16.0 Å². The van der Waals surface area contributed by atoms with E-state index in [1.54, 1.807) is 6.92 Å². The molecule has 94 valence electrons. The van der Waals surface area contributed by atoms with Crippen LogP contribution in [0.4, 0.5) is 0 Å². The fourth-order valence-electron chi connectivity index (χ4n) is 1.32. The number of phenolic OH excluding ortho intramolecular Hbond substituents is 1. The predicted octanol–water partition coefficient (Wildman–Crippen LogP) is 2.03. The lowest BCUT2D eigenvalue weighted by atomic mass is 10.1. The molecule has 0 spiro atoms. The molecule has 0 aromatic heterocycles. The highest BCUT2D eigenvalue weighted by molar-refractivity contribution is 14.1. The number of aromatic hydroxyl groups is 1. The first kappa shape index (κ1) is 15.0. The zero-order valence-electron chi connectivity index (χ0n) is 9.24. The average Bonchev–Trinajstić information content (AvgIpc) is 2.26. The Labute approximate surface area is 127 Å². The molecule has 0 heterocycles. The van der Waals surface area contributed by atoms with Gasteiger partial charge in [-0.25, -0.2) is 0 Å². The number of nitrogens with two attached hydrogens (primary N) is 1. The molecule has 1 aromatic carbocycles. The van der Waals surface area contributed by atoms with Gasteiger partial charge < -0.3 is 15.6 Å². The minimum atomic E-state index is -0.661. The Hall–Kier alpha value is -0.0900. The quantitative estimate of drug-likeness (QED) is 0.532. The molecule has 0 saturated heterocycles. The van der Waals surface area contributed by atoms with Crippen LogP contribution in [0.15, 0.2) is 12.1 Å². The molecule has 0 radical (unpaired) electrons. The van der Waals surface area contributed by atoms with E-state index in [2.05, 4.69) is 0 Å². The monoisotopic (exact) mass is 461 g/mol. The first-order valence-corrected chi connectivity index (χ1v) is 7.20. The lowest BCUT2D eigenvalue weighted by molar-refractivity contribution is -0.144. The molecule has 4 nitrogen and oxygen atoms in total. The van der Waals surface area contributed by atoms with Crippen molar-refractivity contribution in [3.05, 3.63) is 24.8 Å². The molecular formula is C11H13I2NO3. The van der Waals surface area contributed by atoms with E-state index >= 15 is 0 Å². The van der Waals surface area contributed by atoms with E-state index < -0.39 is 12.0 Å². The first-order chi connectivity index (χ1) is 7.95. The van der Waals surface area contributed by atoms with E-state index in [9.17, 15) is 9.90 Å². The summed E-state index contributed by atoms with van der Waals surface area (Å²) >= 11 is 4.09. The van der Waals surface area contributed by atoms with E-state index in [0.29, 0.717) is 13.0 Å². The predicted molar refractivity (Wildman–Crippen MR) is 81.9 cm³/mol. The molecule has 0 saturated carbocycles. The van der Waals surface area contributed by atoms with Crippen LogP contribution in [-0.4, -0.2) is 23.7 Å². The van der Waals surface area contributed by atoms with Crippen molar-refractivity contribution in [2.75, 3.05) is 6.61 Å². The van der Waals surface area contributed by atoms with Gasteiger partial charge in [0.05, 0.1) is 13.7 Å². The van der Waals surface area contributed by atoms with Gasteiger partial charge in [-0.1, -0.05) is 0 Å². The third-order valence-electron chi connectivity index (χ3n) is 2.12. The Balaban J connectivity index is 2.78. The normalized spacial score (nSPS) is 12.2. The van der Waals surface area contributed by atoms with Gasteiger partial charge in [-0.3, -0.25) is 4.79 Å². The van der Waals surface area contributed by atoms with Crippen LogP contribution >= 0.6 is 45.2 Å². The topological polar surface area (TPSA) is 72.5 Å². The number of carbonyl (C=O) groups is 1. The van der Waals surface area contributed by atoms with Gasteiger partial charge in [0.1, 0.15) is 11.8 Å². The van der Waals surface area contributed by atoms with Gasteiger partial charge in [-0.15, -0.1) is 0 Å². The number of ether oxygens (including phenoxy) is 1. The third-order valence-corrected chi connectivity index (χ3v) is 3.77. The minimum absolute atomic E-state index is 0.264. The number of carbonyl (C=O) groups excluding carboxylic acids is 1. The zero-order chi connectivity index (χ0) is 13.0. The van der Waals surface area contributed by atoms with Crippen molar-refractivity contribution in [1.82, 2.24) is 0 Å². The average molecular weight is 461 g/mol. The highest BCUT2D eigenvalue weighted by atomic mass is 127. The minimum Gasteiger partial charge on any atom is -0.506 e. The van der Waals surface area contributed by atoms with Crippen LogP contribution in [0.2, 0.25) is 0 Å². The van der Waals surface area contributed by atoms with Crippen molar-refractivity contribution >= 4 is 51.2 Å². The molecule has 0 fully saturated rings. The first-order valence-electron chi connectivity index (χ1n) is 5.04. The van der Waals surface area contributed by atoms with E-state index in [4.69, 9.17) is 10.5 Å². The number of esters is 1. The fourth-order valence-corrected chi connectivity index (χ4v) is 3.22. The summed E-state index contributed by atoms with van der Waals surface area (Å²) in [4.78, 5) is 11.4. The van der Waals surface area contributed by atoms with Crippen molar-refractivity contribution < 1.29 is 14.6 Å². The van der Waals surface area contributed by atoms with Crippen LogP contribution in [0.25, 0.3) is 0 Å². The highest BCUT2D eigenvalue weighted by Crippen LogP contribution is 2.27. The maximum atomic E-state index is 11.4. The summed E-state index contributed by atoms with van der Waals surface area (Å²) < 4.78 is 6.34. The number of phenols is 1. The van der Waals surface area contributed by atoms with Crippen LogP contribution in [0.1, 0.15) is 12.5 Å². The molecule has 1 aromatic rings. The fraction of sp³-hybridized carbons (Fsp3) is 0.364. The van der Waals surface area contributed by atoms with Gasteiger partial charge in [-0.2, -0.15) is 0 Å². The molecule has 0 amide bonds. The van der Waals surface area contributed by atoms with Crippen molar-refractivity contribution in [3.8, 4) is 5.75 Å². The van der Waals surface area contributed by atoms with E-state index in [-0.39, 0.29) is 5.75 Å². The van der Waals surface area contributed by atoms with Gasteiger partial charge in [-0.05, 0) is 76.2 Å². The van der Waals surface area contributed by atoms with Gasteiger partial charge in [0.2, 0.25) is 0 Å². The summed E-state index contributed by atoms with van der Waals surface area (Å²) in [7, 11) is 0. The summed E-state index contributed by atoms with van der Waals surface area (Å²) in [5.41, 5.74) is 6.65. The molecule has 0 unspecified atom stereocenters. The van der Waals surface area contributed by atoms with E-state index in [1.807, 2.05) is 57.3 Å². The second-order valence-corrected chi connectivity index (χ2v) is 5.80. The van der Waals surface area contributed by atoms with Gasteiger partial charge in [0.25, 0.3) is 0 Å². The number of rotatable bonds is 4. The Morgan fingerprint density at radius 3 is 2.47 bits per heavy atom. The molecule has 0 aliphatic heterocycles. The van der Waals surface area contributed by atoms with Crippen LogP contribution < -0.4 is 5.73 Å². The molecule has 0 bridgehead atoms. The maximum absolute atomic E-state index is 11.4. The SMILES string of the molecule is CCOC(=O)[C@@H](N)Cc1cc(I)c(O)c(I)c1. The summed E-state index contributed by atoms with van der Waals surface area (Å²) in [6.07, 6.45) is 0.408. The molecule has 0 aliphatic rings. The van der Waals surface area contributed by atoms with Crippen molar-refractivity contribution in [3.63, 3.8) is 0 Å². The molecule has 6 heteroatoms. The molecule has 17 heavy (non-hydrogen) atoms. The lowest BCUT2D eigenvalue weighted by Gasteiger charge is -2.11. The smallest absolute Gasteiger partial charge is 0.323 e. The zero-order valence-corrected chi connectivity index (χ0v) is 13.6. The van der Waals surface area contributed by atoms with Gasteiger partial charge in [0.15, 0.2) is 0 Å². The Kier molecular flexibility index (Phi) is 5.93. The largest absolute Gasteiger partial charge is 0.506 e. The van der Waals surface area contributed by atoms with Crippen LogP contribution in [0, 0.1) is 7.14 Å². The molecular weight excluding hydrogens is 448 g/mol. The molecule has 1 atom stereocenters. The van der Waals surface area contributed by atoms with Crippen LogP contribution in [0.5, 0.6) is 5.75 Å². The number of hydrogen-bond acceptors (Lipinski definition) is 4. The van der Waals surface area contributed by atoms with Crippen molar-refractivity contribution in [1.29, 1.82) is 0 Å². The Morgan fingerprint density at radius 2 is 2.00 bits per heavy atom. The summed E-state index contributed by atoms with van der Waals surface area (Å²) in [5.74, 6) is -0.134. The molecule has 1 rings (SSSR count). The summed E-state index contributed by atoms with van der Waals surface area (Å²) in [6, 6.07) is 2.97. The molecule has 0 aliphatic carbocycles. The maximum Gasteiger partial charge on any atom is 0.323 e. The Morgan fingerprint density at radius 1 is 1.47 bits per heavy atom. The van der Waals surface area contributed by atoms with Crippen LogP contribution in [0.3, 0.4) is 0 Å². The second kappa shape index (κ2) is 6.74. The highest BCUT2D eigenvalue weighted by Gasteiger charge is 2.16.